The fraction of sp³-hybridized carbons (Fsp3) is 0.0909. The third-order valence-electron chi connectivity index (χ3n) is 1.95. The second-order valence-electron chi connectivity index (χ2n) is 3.21. The largest absolute Gasteiger partial charge is 0.364 e. The molecule has 15 heavy (non-hydrogen) atoms. The lowest BCUT2D eigenvalue weighted by Gasteiger charge is -2.02. The second kappa shape index (κ2) is 3.96. The van der Waals surface area contributed by atoms with Gasteiger partial charge in [-0.15, -0.1) is 0 Å². The lowest BCUT2D eigenvalue weighted by molar-refractivity contribution is 0.101. The molecule has 0 atom stereocenters. The third kappa shape index (κ3) is 2.22. The van der Waals surface area contributed by atoms with E-state index in [0.717, 1.165) is 11.3 Å². The Hall–Kier alpha value is -2.10. The normalized spacial score (nSPS) is 9.93. The van der Waals surface area contributed by atoms with Crippen molar-refractivity contribution in [1.29, 1.82) is 0 Å². The predicted octanol–water partition coefficient (Wildman–Crippen LogP) is 2.24. The molecule has 0 fully saturated rings. The fourth-order valence-corrected chi connectivity index (χ4v) is 1.25. The summed E-state index contributed by atoms with van der Waals surface area (Å²) in [6.07, 6.45) is 1.37. The highest BCUT2D eigenvalue weighted by atomic mass is 16.5. The van der Waals surface area contributed by atoms with Crippen LogP contribution in [0.2, 0.25) is 0 Å². The van der Waals surface area contributed by atoms with Crippen molar-refractivity contribution in [3.05, 3.63) is 47.9 Å². The monoisotopic (exact) mass is 202 g/mol. The fourth-order valence-electron chi connectivity index (χ4n) is 1.25. The zero-order valence-electron chi connectivity index (χ0n) is 8.23. The van der Waals surface area contributed by atoms with Gasteiger partial charge in [-0.2, -0.15) is 0 Å². The van der Waals surface area contributed by atoms with Gasteiger partial charge in [-0.3, -0.25) is 4.79 Å². The number of nitrogens with zero attached hydrogens (tertiary/aromatic N) is 1. The summed E-state index contributed by atoms with van der Waals surface area (Å²) in [5.41, 5.74) is 2.12. The van der Waals surface area contributed by atoms with Gasteiger partial charge in [0.25, 0.3) is 5.91 Å². The second-order valence-corrected chi connectivity index (χ2v) is 3.21. The number of amides is 1. The Balaban J connectivity index is 2.13. The van der Waals surface area contributed by atoms with E-state index in [9.17, 15) is 4.79 Å². The molecule has 0 aliphatic rings. The quantitative estimate of drug-likeness (QED) is 0.812. The average molecular weight is 202 g/mol. The minimum atomic E-state index is -0.269. The van der Waals surface area contributed by atoms with Crippen LogP contribution in [0.1, 0.15) is 16.1 Å². The molecule has 1 aromatic carbocycles. The lowest BCUT2D eigenvalue weighted by Crippen LogP contribution is -2.12. The van der Waals surface area contributed by atoms with Gasteiger partial charge in [0.05, 0.1) is 0 Å². The van der Waals surface area contributed by atoms with Crippen LogP contribution >= 0.6 is 0 Å². The molecule has 1 amide bonds. The number of hydrogen-bond acceptors (Lipinski definition) is 3. The first kappa shape index (κ1) is 9.45. The van der Waals surface area contributed by atoms with Crippen LogP contribution in [-0.4, -0.2) is 11.1 Å². The number of aryl methyl sites for hydroxylation is 1. The summed E-state index contributed by atoms with van der Waals surface area (Å²) in [5.74, 6) is -0.269. The summed E-state index contributed by atoms with van der Waals surface area (Å²) in [4.78, 5) is 11.6. The molecule has 1 aromatic heterocycles. The third-order valence-corrected chi connectivity index (χ3v) is 1.95. The van der Waals surface area contributed by atoms with Gasteiger partial charge in [0.15, 0.2) is 5.69 Å². The molecule has 0 spiro atoms. The molecule has 0 radical (unpaired) electrons. The van der Waals surface area contributed by atoms with Gasteiger partial charge >= 0.3 is 0 Å². The molecule has 2 rings (SSSR count). The van der Waals surface area contributed by atoms with E-state index in [4.69, 9.17) is 0 Å². The number of benzene rings is 1. The van der Waals surface area contributed by atoms with E-state index in [1.54, 1.807) is 0 Å². The van der Waals surface area contributed by atoms with Gasteiger partial charge in [0.1, 0.15) is 6.26 Å². The van der Waals surface area contributed by atoms with Gasteiger partial charge in [-0.25, -0.2) is 0 Å². The maximum atomic E-state index is 11.6. The molecule has 4 heteroatoms. The predicted molar refractivity (Wildman–Crippen MR) is 55.6 cm³/mol. The molecule has 76 valence electrons. The van der Waals surface area contributed by atoms with E-state index in [0.29, 0.717) is 0 Å². The molecule has 0 aliphatic heterocycles. The van der Waals surface area contributed by atoms with Crippen molar-refractivity contribution in [1.82, 2.24) is 5.16 Å². The Labute approximate surface area is 86.9 Å². The van der Waals surface area contributed by atoms with Crippen molar-refractivity contribution >= 4 is 11.6 Å². The Bertz CT molecular complexity index is 463. The molecule has 0 aliphatic carbocycles. The van der Waals surface area contributed by atoms with E-state index in [1.807, 2.05) is 31.2 Å². The number of nitrogens with one attached hydrogen (secondary N) is 1. The van der Waals surface area contributed by atoms with E-state index in [1.165, 1.54) is 12.3 Å². The molecule has 0 saturated heterocycles. The highest BCUT2D eigenvalue weighted by molar-refractivity contribution is 6.02. The number of carbonyl (C=O) groups is 1. The zero-order chi connectivity index (χ0) is 10.7. The minimum Gasteiger partial charge on any atom is -0.364 e. The molecule has 0 unspecified atom stereocenters. The van der Waals surface area contributed by atoms with Crippen molar-refractivity contribution < 1.29 is 9.32 Å². The molecule has 1 N–H and O–H groups in total. The van der Waals surface area contributed by atoms with E-state index < -0.39 is 0 Å². The summed E-state index contributed by atoms with van der Waals surface area (Å²) < 4.78 is 4.59. The van der Waals surface area contributed by atoms with Crippen molar-refractivity contribution in [3.63, 3.8) is 0 Å². The van der Waals surface area contributed by atoms with Crippen LogP contribution < -0.4 is 5.32 Å². The number of aromatic nitrogens is 1. The Morgan fingerprint density at radius 3 is 2.93 bits per heavy atom. The van der Waals surface area contributed by atoms with Crippen LogP contribution in [0.3, 0.4) is 0 Å². The summed E-state index contributed by atoms with van der Waals surface area (Å²) in [6.45, 7) is 1.96. The number of rotatable bonds is 2. The first-order chi connectivity index (χ1) is 7.25. The Morgan fingerprint density at radius 2 is 2.27 bits per heavy atom. The molecule has 4 nitrogen and oxygen atoms in total. The molecule has 1 heterocycles. The first-order valence-corrected chi connectivity index (χ1v) is 4.54. The molecular weight excluding hydrogens is 192 g/mol. The molecule has 2 aromatic rings. The van der Waals surface area contributed by atoms with Crippen molar-refractivity contribution in [3.8, 4) is 0 Å². The maximum Gasteiger partial charge on any atom is 0.277 e. The van der Waals surface area contributed by atoms with Crippen LogP contribution in [0.4, 0.5) is 5.69 Å². The smallest absolute Gasteiger partial charge is 0.277 e. The summed E-state index contributed by atoms with van der Waals surface area (Å²) in [5, 5.41) is 6.27. The van der Waals surface area contributed by atoms with Gasteiger partial charge < -0.3 is 9.84 Å². The number of anilines is 1. The van der Waals surface area contributed by atoms with Crippen LogP contribution in [0.25, 0.3) is 0 Å². The topological polar surface area (TPSA) is 55.1 Å². The van der Waals surface area contributed by atoms with Gasteiger partial charge in [0.2, 0.25) is 0 Å². The summed E-state index contributed by atoms with van der Waals surface area (Å²) in [6, 6.07) is 9.08. The van der Waals surface area contributed by atoms with Crippen LogP contribution in [0, 0.1) is 6.92 Å². The summed E-state index contributed by atoms with van der Waals surface area (Å²) >= 11 is 0. The molecule has 0 bridgehead atoms. The summed E-state index contributed by atoms with van der Waals surface area (Å²) in [7, 11) is 0. The lowest BCUT2D eigenvalue weighted by atomic mass is 10.2. The van der Waals surface area contributed by atoms with Crippen LogP contribution in [0.15, 0.2) is 41.1 Å². The average Bonchev–Trinajstić information content (AvgIpc) is 2.70. The minimum absolute atomic E-state index is 0.269. The van der Waals surface area contributed by atoms with Crippen molar-refractivity contribution in [2.75, 3.05) is 5.32 Å². The number of hydrogen-bond donors (Lipinski definition) is 1. The zero-order valence-corrected chi connectivity index (χ0v) is 8.23. The highest BCUT2D eigenvalue weighted by Gasteiger charge is 2.08. The Morgan fingerprint density at radius 1 is 1.40 bits per heavy atom. The number of carbonyl (C=O) groups excluding carboxylic acids is 1. The van der Waals surface area contributed by atoms with E-state index >= 15 is 0 Å². The van der Waals surface area contributed by atoms with Gasteiger partial charge in [-0.1, -0.05) is 17.3 Å². The molecule has 0 saturated carbocycles. The van der Waals surface area contributed by atoms with Crippen molar-refractivity contribution in [2.24, 2.45) is 0 Å². The highest BCUT2D eigenvalue weighted by Crippen LogP contribution is 2.10. The van der Waals surface area contributed by atoms with Gasteiger partial charge in [0, 0.05) is 11.8 Å². The SMILES string of the molecule is Cc1cccc(NC(=O)c2ccon2)c1. The Kier molecular flexibility index (Phi) is 2.49. The van der Waals surface area contributed by atoms with E-state index in [-0.39, 0.29) is 11.6 Å². The van der Waals surface area contributed by atoms with Gasteiger partial charge in [-0.05, 0) is 24.6 Å². The maximum absolute atomic E-state index is 11.6. The molecular formula is C11H10N2O2. The van der Waals surface area contributed by atoms with Crippen LogP contribution in [0.5, 0.6) is 0 Å². The van der Waals surface area contributed by atoms with Crippen molar-refractivity contribution in [2.45, 2.75) is 6.92 Å². The standard InChI is InChI=1S/C11H10N2O2/c1-8-3-2-4-9(7-8)12-11(14)10-5-6-15-13-10/h2-7H,1H3,(H,12,14). The first-order valence-electron chi connectivity index (χ1n) is 4.54. The van der Waals surface area contributed by atoms with E-state index in [2.05, 4.69) is 15.0 Å². The van der Waals surface area contributed by atoms with Crippen LogP contribution in [-0.2, 0) is 0 Å².